The number of hydrogen-bond acceptors (Lipinski definition) is 1. The van der Waals surface area contributed by atoms with E-state index in [0.717, 1.165) is 17.8 Å². The highest BCUT2D eigenvalue weighted by Gasteiger charge is 2.30. The topological polar surface area (TPSA) is 9.23 Å². The van der Waals surface area contributed by atoms with Crippen molar-refractivity contribution >= 4 is 11.6 Å². The average molecular weight is 205 g/mol. The van der Waals surface area contributed by atoms with Crippen molar-refractivity contribution in [2.75, 3.05) is 6.07 Å². The van der Waals surface area contributed by atoms with Crippen LogP contribution in [-0.4, -0.2) is 12.2 Å². The van der Waals surface area contributed by atoms with Crippen molar-refractivity contribution in [3.63, 3.8) is 0 Å². The normalized spacial score (nSPS) is 35.3. The fraction of sp³-hybridized carbons (Fsp3) is 1.00. The molecule has 0 spiro atoms. The van der Waals surface area contributed by atoms with Gasteiger partial charge in [0, 0.05) is 0 Å². The van der Waals surface area contributed by atoms with Gasteiger partial charge in [-0.1, -0.05) is 38.8 Å². The lowest BCUT2D eigenvalue weighted by atomic mass is 9.75. The highest BCUT2D eigenvalue weighted by molar-refractivity contribution is 6.17. The van der Waals surface area contributed by atoms with Crippen molar-refractivity contribution in [1.29, 1.82) is 0 Å². The van der Waals surface area contributed by atoms with Crippen LogP contribution in [0.1, 0.15) is 40.0 Å². The van der Waals surface area contributed by atoms with Crippen LogP contribution < -0.4 is 0 Å². The Morgan fingerprint density at radius 1 is 1.38 bits per heavy atom. The Hall–Kier alpha value is 0.250. The largest absolute Gasteiger partial charge is 0.362 e. The van der Waals surface area contributed by atoms with Gasteiger partial charge in [0.2, 0.25) is 0 Å². The van der Waals surface area contributed by atoms with E-state index in [-0.39, 0.29) is 0 Å². The second kappa shape index (κ2) is 5.21. The highest BCUT2D eigenvalue weighted by atomic mass is 35.5. The van der Waals surface area contributed by atoms with E-state index in [0.29, 0.717) is 12.2 Å². The molecule has 0 N–H and O–H groups in total. The Bertz CT molecular complexity index is 147. The molecule has 0 aromatic carbocycles. The predicted molar refractivity (Wildman–Crippen MR) is 56.9 cm³/mol. The fourth-order valence-electron chi connectivity index (χ4n) is 2.39. The molecule has 3 atom stereocenters. The summed E-state index contributed by atoms with van der Waals surface area (Å²) in [6, 6.07) is 0.348. The van der Waals surface area contributed by atoms with Crippen LogP contribution in [0.4, 0.5) is 0 Å². The molecule has 0 unspecified atom stereocenters. The Balaban J connectivity index is 2.50. The molecule has 0 bridgehead atoms. The molecule has 13 heavy (non-hydrogen) atoms. The van der Waals surface area contributed by atoms with Crippen molar-refractivity contribution < 1.29 is 4.74 Å². The minimum atomic E-state index is 0.348. The van der Waals surface area contributed by atoms with E-state index >= 15 is 0 Å². The number of rotatable bonds is 3. The van der Waals surface area contributed by atoms with Crippen LogP contribution in [0, 0.1) is 17.8 Å². The molecule has 1 rings (SSSR count). The smallest absolute Gasteiger partial charge is 0.121 e. The standard InChI is InChI=1S/C11H21ClO/c1-8(2)10-5-4-9(3)6-11(10)13-7-12/h8-11H,4-7H2,1-3H3/t9-,10-,11+/m1/s1. The number of hydrogen-bond donors (Lipinski definition) is 0. The van der Waals surface area contributed by atoms with Crippen LogP contribution >= 0.6 is 11.6 Å². The third-order valence-electron chi connectivity index (χ3n) is 3.24. The zero-order valence-corrected chi connectivity index (χ0v) is 9.68. The van der Waals surface area contributed by atoms with Gasteiger partial charge in [-0.3, -0.25) is 0 Å². The van der Waals surface area contributed by atoms with Gasteiger partial charge in [-0.05, 0) is 30.6 Å². The first-order valence-electron chi connectivity index (χ1n) is 5.32. The molecule has 0 aromatic heterocycles. The second-order valence-corrected chi connectivity index (χ2v) is 4.86. The fourth-order valence-corrected chi connectivity index (χ4v) is 2.55. The average Bonchev–Trinajstić information content (AvgIpc) is 2.04. The molecule has 1 nitrogen and oxygen atoms in total. The van der Waals surface area contributed by atoms with Crippen LogP contribution in [0.3, 0.4) is 0 Å². The molecule has 1 aliphatic rings. The first-order chi connectivity index (χ1) is 6.15. The summed E-state index contributed by atoms with van der Waals surface area (Å²) < 4.78 is 5.59. The minimum absolute atomic E-state index is 0.348. The van der Waals surface area contributed by atoms with Gasteiger partial charge in [0.1, 0.15) is 6.07 Å². The minimum Gasteiger partial charge on any atom is -0.362 e. The Kier molecular flexibility index (Phi) is 4.54. The molecule has 1 aliphatic carbocycles. The van der Waals surface area contributed by atoms with E-state index < -0.39 is 0 Å². The van der Waals surface area contributed by atoms with Gasteiger partial charge in [0.15, 0.2) is 0 Å². The molecule has 0 amide bonds. The van der Waals surface area contributed by atoms with Gasteiger partial charge < -0.3 is 4.74 Å². The van der Waals surface area contributed by atoms with Gasteiger partial charge in [-0.15, -0.1) is 0 Å². The summed E-state index contributed by atoms with van der Waals surface area (Å²) in [4.78, 5) is 0. The summed E-state index contributed by atoms with van der Waals surface area (Å²) in [7, 11) is 0. The van der Waals surface area contributed by atoms with E-state index in [4.69, 9.17) is 16.3 Å². The second-order valence-electron chi connectivity index (χ2n) is 4.64. The molecule has 1 fully saturated rings. The molecule has 0 heterocycles. The van der Waals surface area contributed by atoms with Crippen molar-refractivity contribution in [2.24, 2.45) is 17.8 Å². The number of halogens is 1. The summed E-state index contributed by atoms with van der Waals surface area (Å²) in [5, 5.41) is 0. The SMILES string of the molecule is CC(C)[C@H]1CC[C@@H](C)C[C@@H]1OCCl. The van der Waals surface area contributed by atoms with Gasteiger partial charge in [-0.2, -0.15) is 0 Å². The van der Waals surface area contributed by atoms with Gasteiger partial charge >= 0.3 is 0 Å². The monoisotopic (exact) mass is 204 g/mol. The highest BCUT2D eigenvalue weighted by Crippen LogP contribution is 2.35. The third kappa shape index (κ3) is 3.14. The molecule has 2 heteroatoms. The molecule has 0 radical (unpaired) electrons. The van der Waals surface area contributed by atoms with E-state index in [1.165, 1.54) is 19.3 Å². The quantitative estimate of drug-likeness (QED) is 0.638. The first kappa shape index (κ1) is 11.3. The summed E-state index contributed by atoms with van der Waals surface area (Å²) in [5.74, 6) is 2.25. The van der Waals surface area contributed by atoms with Crippen molar-refractivity contribution in [1.82, 2.24) is 0 Å². The molecular formula is C11H21ClO. The summed E-state index contributed by atoms with van der Waals surface area (Å²) in [6.07, 6.45) is 4.25. The van der Waals surface area contributed by atoms with E-state index in [1.807, 2.05) is 0 Å². The zero-order valence-electron chi connectivity index (χ0n) is 8.92. The molecule has 1 saturated carbocycles. The summed E-state index contributed by atoms with van der Waals surface area (Å²) in [5.41, 5.74) is 0. The maximum atomic E-state index is 5.63. The zero-order chi connectivity index (χ0) is 9.84. The molecule has 0 aromatic rings. The molecular weight excluding hydrogens is 184 g/mol. The lowest BCUT2D eigenvalue weighted by Crippen LogP contribution is -2.34. The maximum absolute atomic E-state index is 5.63. The Morgan fingerprint density at radius 3 is 2.62 bits per heavy atom. The predicted octanol–water partition coefficient (Wildman–Crippen LogP) is 3.66. The van der Waals surface area contributed by atoms with Crippen LogP contribution in [-0.2, 0) is 4.74 Å². The maximum Gasteiger partial charge on any atom is 0.121 e. The summed E-state index contributed by atoms with van der Waals surface area (Å²) >= 11 is 5.63. The van der Waals surface area contributed by atoms with E-state index in [2.05, 4.69) is 20.8 Å². The van der Waals surface area contributed by atoms with Gasteiger partial charge in [0.25, 0.3) is 0 Å². The third-order valence-corrected chi connectivity index (χ3v) is 3.36. The van der Waals surface area contributed by atoms with Crippen molar-refractivity contribution in [2.45, 2.75) is 46.1 Å². The number of alkyl halides is 1. The Labute approximate surface area is 86.8 Å². The van der Waals surface area contributed by atoms with Gasteiger partial charge in [0.05, 0.1) is 6.10 Å². The Morgan fingerprint density at radius 2 is 2.08 bits per heavy atom. The molecule has 0 aliphatic heterocycles. The van der Waals surface area contributed by atoms with Crippen LogP contribution in [0.2, 0.25) is 0 Å². The summed E-state index contributed by atoms with van der Waals surface area (Å²) in [6.45, 7) is 6.87. The first-order valence-corrected chi connectivity index (χ1v) is 5.86. The van der Waals surface area contributed by atoms with Crippen LogP contribution in [0.15, 0.2) is 0 Å². The van der Waals surface area contributed by atoms with E-state index in [1.54, 1.807) is 0 Å². The van der Waals surface area contributed by atoms with Gasteiger partial charge in [-0.25, -0.2) is 0 Å². The lowest BCUT2D eigenvalue weighted by molar-refractivity contribution is -0.0187. The van der Waals surface area contributed by atoms with E-state index in [9.17, 15) is 0 Å². The van der Waals surface area contributed by atoms with Crippen LogP contribution in [0.5, 0.6) is 0 Å². The van der Waals surface area contributed by atoms with Crippen molar-refractivity contribution in [3.8, 4) is 0 Å². The van der Waals surface area contributed by atoms with Crippen LogP contribution in [0.25, 0.3) is 0 Å². The molecule has 0 saturated heterocycles. The molecule has 78 valence electrons. The lowest BCUT2D eigenvalue weighted by Gasteiger charge is -2.36. The number of ether oxygens (including phenoxy) is 1. The van der Waals surface area contributed by atoms with Crippen molar-refractivity contribution in [3.05, 3.63) is 0 Å².